The highest BCUT2D eigenvalue weighted by Crippen LogP contribution is 2.30. The molecule has 184 valence electrons. The first-order valence-electron chi connectivity index (χ1n) is 10.7. The Morgan fingerprint density at radius 3 is 2.43 bits per heavy atom. The molecule has 0 unspecified atom stereocenters. The number of halogens is 4. The van der Waals surface area contributed by atoms with Crippen LogP contribution in [-0.4, -0.2) is 30.4 Å². The fraction of sp³-hybridized carbons (Fsp3) is 0.250. The number of piperidine rings is 1. The molecule has 1 aromatic heterocycles. The molecule has 3 N–H and O–H groups in total. The predicted octanol–water partition coefficient (Wildman–Crippen LogP) is 4.83. The first-order chi connectivity index (χ1) is 16.7. The minimum atomic E-state index is -1.24. The average molecular weight is 524 g/mol. The average Bonchev–Trinajstić information content (AvgIpc) is 3.27. The predicted molar refractivity (Wildman–Crippen MR) is 126 cm³/mol. The van der Waals surface area contributed by atoms with E-state index in [0.717, 1.165) is 12.1 Å². The lowest BCUT2D eigenvalue weighted by Crippen LogP contribution is -2.62. The molecule has 2 aromatic carbocycles. The third kappa shape index (κ3) is 6.11. The molecule has 35 heavy (non-hydrogen) atoms. The van der Waals surface area contributed by atoms with E-state index in [1.165, 1.54) is 30.3 Å². The molecule has 1 fully saturated rings. The lowest BCUT2D eigenvalue weighted by atomic mass is 9.87. The molecule has 1 aliphatic heterocycles. The Bertz CT molecular complexity index is 1230. The standard InChI is InChI=1S/C24H21Cl2F2N3O4/c25-15-9-16(26)11-18(10-15)34-21-4-3-20(35-21)22(32)31-24(5-7-29-8-6-24)23(33)30-13-14-1-2-17(27)12-19(14)28/h1-4,9-12,29H,5-8,13H2,(H,30,33)(H,31,32). The van der Waals surface area contributed by atoms with Gasteiger partial charge in [-0.1, -0.05) is 29.3 Å². The third-order valence-corrected chi connectivity index (χ3v) is 6.00. The van der Waals surface area contributed by atoms with Gasteiger partial charge in [0.1, 0.15) is 22.9 Å². The Morgan fingerprint density at radius 1 is 1.03 bits per heavy atom. The summed E-state index contributed by atoms with van der Waals surface area (Å²) in [5.41, 5.74) is -1.11. The first-order valence-corrected chi connectivity index (χ1v) is 11.5. The molecule has 2 amide bonds. The van der Waals surface area contributed by atoms with Crippen LogP contribution >= 0.6 is 23.2 Å². The molecule has 4 rings (SSSR count). The van der Waals surface area contributed by atoms with Gasteiger partial charge in [0, 0.05) is 34.3 Å². The summed E-state index contributed by atoms with van der Waals surface area (Å²) in [7, 11) is 0. The Balaban J connectivity index is 1.45. The van der Waals surface area contributed by atoms with E-state index in [1.807, 2.05) is 0 Å². The Kier molecular flexibility index (Phi) is 7.59. The number of carbonyl (C=O) groups is 2. The minimum absolute atomic E-state index is 0.0316. The van der Waals surface area contributed by atoms with Crippen molar-refractivity contribution in [3.8, 4) is 11.7 Å². The van der Waals surface area contributed by atoms with Gasteiger partial charge >= 0.3 is 0 Å². The van der Waals surface area contributed by atoms with Gasteiger partial charge in [0.2, 0.25) is 5.91 Å². The number of amides is 2. The van der Waals surface area contributed by atoms with Crippen LogP contribution in [0.1, 0.15) is 29.0 Å². The Morgan fingerprint density at radius 2 is 1.74 bits per heavy atom. The summed E-state index contributed by atoms with van der Waals surface area (Å²) >= 11 is 11.9. The number of benzene rings is 2. The molecule has 0 saturated carbocycles. The third-order valence-electron chi connectivity index (χ3n) is 5.56. The van der Waals surface area contributed by atoms with Crippen molar-refractivity contribution in [2.75, 3.05) is 13.1 Å². The fourth-order valence-corrected chi connectivity index (χ4v) is 4.26. The minimum Gasteiger partial charge on any atom is -0.426 e. The summed E-state index contributed by atoms with van der Waals surface area (Å²) in [6, 6.07) is 10.6. The molecular weight excluding hydrogens is 503 g/mol. The van der Waals surface area contributed by atoms with Crippen molar-refractivity contribution in [2.24, 2.45) is 0 Å². The molecule has 7 nitrogen and oxygen atoms in total. The summed E-state index contributed by atoms with van der Waals surface area (Å²) < 4.78 is 38.2. The molecule has 3 aromatic rings. The smallest absolute Gasteiger partial charge is 0.290 e. The zero-order valence-electron chi connectivity index (χ0n) is 18.3. The number of nitrogens with one attached hydrogen (secondary N) is 3. The second-order valence-electron chi connectivity index (χ2n) is 8.03. The molecule has 0 aliphatic carbocycles. The molecule has 0 radical (unpaired) electrons. The number of ether oxygens (including phenoxy) is 1. The molecule has 1 aliphatic rings. The van der Waals surface area contributed by atoms with Crippen LogP contribution in [0.4, 0.5) is 8.78 Å². The molecule has 0 spiro atoms. The molecule has 2 heterocycles. The Hall–Kier alpha value is -3.14. The van der Waals surface area contributed by atoms with Gasteiger partial charge in [-0.05, 0) is 56.3 Å². The van der Waals surface area contributed by atoms with Crippen LogP contribution in [0, 0.1) is 11.6 Å². The highest BCUT2D eigenvalue weighted by molar-refractivity contribution is 6.34. The van der Waals surface area contributed by atoms with Crippen LogP contribution in [0.3, 0.4) is 0 Å². The van der Waals surface area contributed by atoms with Crippen molar-refractivity contribution >= 4 is 35.0 Å². The van der Waals surface area contributed by atoms with E-state index >= 15 is 0 Å². The number of hydrogen-bond acceptors (Lipinski definition) is 5. The normalized spacial score (nSPS) is 14.9. The van der Waals surface area contributed by atoms with Crippen LogP contribution in [0.5, 0.6) is 11.7 Å². The van der Waals surface area contributed by atoms with Crippen molar-refractivity contribution in [1.29, 1.82) is 0 Å². The number of carbonyl (C=O) groups excluding carboxylic acids is 2. The van der Waals surface area contributed by atoms with E-state index in [9.17, 15) is 18.4 Å². The second kappa shape index (κ2) is 10.6. The summed E-state index contributed by atoms with van der Waals surface area (Å²) in [5, 5.41) is 9.30. The van der Waals surface area contributed by atoms with E-state index in [0.29, 0.717) is 41.7 Å². The maximum absolute atomic E-state index is 14.0. The van der Waals surface area contributed by atoms with Crippen molar-refractivity contribution in [3.63, 3.8) is 0 Å². The zero-order valence-corrected chi connectivity index (χ0v) is 19.8. The van der Waals surface area contributed by atoms with Gasteiger partial charge < -0.3 is 25.1 Å². The van der Waals surface area contributed by atoms with Crippen molar-refractivity contribution in [1.82, 2.24) is 16.0 Å². The topological polar surface area (TPSA) is 92.6 Å². The van der Waals surface area contributed by atoms with Gasteiger partial charge in [-0.3, -0.25) is 9.59 Å². The van der Waals surface area contributed by atoms with Gasteiger partial charge in [0.05, 0.1) is 0 Å². The van der Waals surface area contributed by atoms with Crippen LogP contribution in [-0.2, 0) is 11.3 Å². The summed E-state index contributed by atoms with van der Waals surface area (Å²) in [6.07, 6.45) is 0.614. The highest BCUT2D eigenvalue weighted by Gasteiger charge is 2.41. The van der Waals surface area contributed by atoms with E-state index < -0.39 is 29.0 Å². The molecule has 0 bridgehead atoms. The quantitative estimate of drug-likeness (QED) is 0.412. The highest BCUT2D eigenvalue weighted by atomic mass is 35.5. The monoisotopic (exact) mass is 523 g/mol. The first kappa shape index (κ1) is 25.0. The van der Waals surface area contributed by atoms with Gasteiger partial charge in [0.25, 0.3) is 11.9 Å². The van der Waals surface area contributed by atoms with Crippen molar-refractivity contribution < 1.29 is 27.5 Å². The van der Waals surface area contributed by atoms with Crippen LogP contribution in [0.2, 0.25) is 10.0 Å². The van der Waals surface area contributed by atoms with E-state index in [1.54, 1.807) is 6.07 Å². The van der Waals surface area contributed by atoms with Gasteiger partial charge in [0.15, 0.2) is 5.76 Å². The number of rotatable bonds is 7. The van der Waals surface area contributed by atoms with Crippen LogP contribution < -0.4 is 20.7 Å². The van der Waals surface area contributed by atoms with Gasteiger partial charge in [-0.25, -0.2) is 8.78 Å². The van der Waals surface area contributed by atoms with Gasteiger partial charge in [-0.15, -0.1) is 0 Å². The van der Waals surface area contributed by atoms with E-state index in [4.69, 9.17) is 32.4 Å². The fourth-order valence-electron chi connectivity index (χ4n) is 3.75. The van der Waals surface area contributed by atoms with Gasteiger partial charge in [-0.2, -0.15) is 0 Å². The largest absolute Gasteiger partial charge is 0.426 e. The van der Waals surface area contributed by atoms with Crippen LogP contribution in [0.25, 0.3) is 0 Å². The maximum atomic E-state index is 14.0. The number of hydrogen-bond donors (Lipinski definition) is 3. The van der Waals surface area contributed by atoms with E-state index in [-0.39, 0.29) is 23.8 Å². The molecular formula is C24H21Cl2F2N3O4. The zero-order chi connectivity index (χ0) is 25.0. The van der Waals surface area contributed by atoms with E-state index in [2.05, 4.69) is 16.0 Å². The molecule has 11 heteroatoms. The lowest BCUT2D eigenvalue weighted by Gasteiger charge is -2.36. The molecule has 1 saturated heterocycles. The SMILES string of the molecule is O=C(NC1(C(=O)NCc2ccc(F)cc2F)CCNCC1)c1ccc(Oc2cc(Cl)cc(Cl)c2)o1. The summed E-state index contributed by atoms with van der Waals surface area (Å²) in [6.45, 7) is 0.818. The van der Waals surface area contributed by atoms with Crippen molar-refractivity contribution in [2.45, 2.75) is 24.9 Å². The van der Waals surface area contributed by atoms with Crippen LogP contribution in [0.15, 0.2) is 52.9 Å². The second-order valence-corrected chi connectivity index (χ2v) is 8.90. The maximum Gasteiger partial charge on any atom is 0.290 e. The number of furan rings is 1. The summed E-state index contributed by atoms with van der Waals surface area (Å²) in [4.78, 5) is 26.1. The molecule has 0 atom stereocenters. The summed E-state index contributed by atoms with van der Waals surface area (Å²) in [5.74, 6) is -2.28. The van der Waals surface area contributed by atoms with Crippen molar-refractivity contribution in [3.05, 3.63) is 81.5 Å². The Labute approximate surface area is 209 Å². The lowest BCUT2D eigenvalue weighted by molar-refractivity contribution is -0.128.